The molecule has 1 aliphatic rings. The zero-order valence-electron chi connectivity index (χ0n) is 17.2. The number of hydrogen-bond acceptors (Lipinski definition) is 14. The van der Waals surface area contributed by atoms with Crippen molar-refractivity contribution in [1.82, 2.24) is 19.5 Å². The number of nitrogens with one attached hydrogen (secondary N) is 1. The van der Waals surface area contributed by atoms with Crippen molar-refractivity contribution >= 4 is 46.5 Å². The molecule has 0 amide bonds. The normalized spacial score (nSPS) is 26.3. The zero-order chi connectivity index (χ0) is 26.3. The SMILES string of the molecule is CC(=O)OC1C(O)[C@@H](COP(=O)(O)OP(=O)(O)OP(=O)(O)O)O[C@H]1n1cnc2c(=O)[nH]c(N)nc21. The van der Waals surface area contributed by atoms with Gasteiger partial charge in [0.05, 0.1) is 12.9 Å². The Kier molecular flexibility index (Phi) is 7.69. The van der Waals surface area contributed by atoms with Gasteiger partial charge in [-0.2, -0.15) is 13.6 Å². The Bertz CT molecular complexity index is 1320. The third-order valence-corrected chi connectivity index (χ3v) is 7.96. The molecule has 0 saturated carbocycles. The molecule has 6 atom stereocenters. The van der Waals surface area contributed by atoms with E-state index in [9.17, 15) is 38.2 Å². The molecule has 0 bridgehead atoms. The van der Waals surface area contributed by atoms with Gasteiger partial charge >= 0.3 is 29.4 Å². The molecule has 0 radical (unpaired) electrons. The van der Waals surface area contributed by atoms with Crippen LogP contribution in [0.25, 0.3) is 11.2 Å². The summed E-state index contributed by atoms with van der Waals surface area (Å²) in [6.07, 6.45) is -5.16. The maximum atomic E-state index is 12.0. The highest BCUT2D eigenvalue weighted by molar-refractivity contribution is 7.66. The number of phosphoric acid groups is 3. The number of nitrogens with zero attached hydrogens (tertiary/aromatic N) is 3. The first kappa shape index (κ1) is 27.5. The summed E-state index contributed by atoms with van der Waals surface area (Å²) in [7, 11) is -16.9. The van der Waals surface area contributed by atoms with Crippen molar-refractivity contribution in [1.29, 1.82) is 0 Å². The topological polar surface area (TPSA) is 305 Å². The number of H-pyrrole nitrogens is 1. The summed E-state index contributed by atoms with van der Waals surface area (Å²) in [5, 5.41) is 10.6. The minimum Gasteiger partial charge on any atom is -0.455 e. The van der Waals surface area contributed by atoms with Crippen molar-refractivity contribution in [3.8, 4) is 0 Å². The number of aromatic nitrogens is 4. The molecule has 0 aromatic carbocycles. The summed E-state index contributed by atoms with van der Waals surface area (Å²) in [5.41, 5.74) is 4.50. The van der Waals surface area contributed by atoms with Crippen LogP contribution in [-0.4, -0.2) is 75.1 Å². The van der Waals surface area contributed by atoms with Gasteiger partial charge in [0.2, 0.25) is 5.95 Å². The summed E-state index contributed by atoms with van der Waals surface area (Å²) >= 11 is 0. The summed E-state index contributed by atoms with van der Waals surface area (Å²) in [5.74, 6) is -1.16. The van der Waals surface area contributed by atoms with Gasteiger partial charge in [0.25, 0.3) is 5.56 Å². The van der Waals surface area contributed by atoms with Crippen LogP contribution in [0.15, 0.2) is 11.1 Å². The van der Waals surface area contributed by atoms with Crippen molar-refractivity contribution in [2.75, 3.05) is 12.3 Å². The fourth-order valence-corrected chi connectivity index (χ4v) is 6.03. The first-order valence-electron chi connectivity index (χ1n) is 8.99. The third-order valence-electron chi connectivity index (χ3n) is 4.16. The second-order valence-electron chi connectivity index (χ2n) is 6.79. The number of aromatic amines is 1. The van der Waals surface area contributed by atoms with Crippen molar-refractivity contribution < 1.29 is 65.8 Å². The molecule has 3 rings (SSSR count). The number of aliphatic hydroxyl groups is 1. The summed E-state index contributed by atoms with van der Waals surface area (Å²) < 4.78 is 57.4. The minimum atomic E-state index is -5.77. The van der Waals surface area contributed by atoms with E-state index in [-0.39, 0.29) is 17.1 Å². The predicted octanol–water partition coefficient (Wildman–Crippen LogP) is -1.76. The number of imidazole rings is 1. The Morgan fingerprint density at radius 1 is 1.23 bits per heavy atom. The van der Waals surface area contributed by atoms with E-state index in [2.05, 4.69) is 28.1 Å². The van der Waals surface area contributed by atoms with Crippen LogP contribution in [-0.2, 0) is 41.1 Å². The largest absolute Gasteiger partial charge is 0.490 e. The van der Waals surface area contributed by atoms with Crippen molar-refractivity contribution in [2.24, 2.45) is 0 Å². The van der Waals surface area contributed by atoms with Gasteiger partial charge in [-0.1, -0.05) is 0 Å². The van der Waals surface area contributed by atoms with E-state index in [4.69, 9.17) is 25.0 Å². The minimum absolute atomic E-state index is 0.130. The standard InChI is InChI=1S/C12H18N5O15P3/c1-4(18)29-8-7(19)5(2-28-34(24,25)32-35(26,27)31-33(21,22)23)30-11(8)17-3-14-6-9(17)15-12(13)16-10(6)20/h3,5,7-8,11,19H,2H2,1H3,(H,24,25)(H,26,27)(H2,21,22,23)(H3,13,15,16,20)/t5-,7?,8?,11-/m1/s1. The Balaban J connectivity index is 1.82. The van der Waals surface area contributed by atoms with Gasteiger partial charge in [0, 0.05) is 6.92 Å². The van der Waals surface area contributed by atoms with Crippen LogP contribution in [0.2, 0.25) is 0 Å². The van der Waals surface area contributed by atoms with E-state index in [1.807, 2.05) is 0 Å². The van der Waals surface area contributed by atoms with Gasteiger partial charge in [-0.3, -0.25) is 23.7 Å². The number of carbonyl (C=O) groups excluding carboxylic acids is 1. The molecule has 0 spiro atoms. The second-order valence-corrected chi connectivity index (χ2v) is 11.2. The molecule has 1 fully saturated rings. The van der Waals surface area contributed by atoms with Crippen molar-refractivity contribution in [3.05, 3.63) is 16.7 Å². The summed E-state index contributed by atoms with van der Waals surface area (Å²) in [6, 6.07) is 0. The Morgan fingerprint density at radius 3 is 2.49 bits per heavy atom. The molecule has 3 heterocycles. The molecule has 1 saturated heterocycles. The Morgan fingerprint density at radius 2 is 1.89 bits per heavy atom. The molecular formula is C12H18N5O15P3. The number of nitrogens with two attached hydrogens (primary N) is 1. The molecule has 2 aromatic rings. The van der Waals surface area contributed by atoms with Crippen LogP contribution >= 0.6 is 23.5 Å². The molecule has 23 heteroatoms. The number of phosphoric ester groups is 1. The van der Waals surface area contributed by atoms with Gasteiger partial charge in [-0.05, 0) is 0 Å². The fourth-order valence-electron chi connectivity index (χ4n) is 3.00. The lowest BCUT2D eigenvalue weighted by molar-refractivity contribution is -0.155. The number of esters is 1. The number of nitrogen functional groups attached to an aromatic ring is 1. The van der Waals surface area contributed by atoms with Crippen LogP contribution in [0.1, 0.15) is 13.2 Å². The van der Waals surface area contributed by atoms with Crippen molar-refractivity contribution in [3.63, 3.8) is 0 Å². The molecule has 2 aromatic heterocycles. The van der Waals surface area contributed by atoms with Crippen LogP contribution in [0, 0.1) is 0 Å². The zero-order valence-corrected chi connectivity index (χ0v) is 19.9. The van der Waals surface area contributed by atoms with Crippen molar-refractivity contribution in [2.45, 2.75) is 31.5 Å². The average molecular weight is 565 g/mol. The molecule has 196 valence electrons. The van der Waals surface area contributed by atoms with Crippen LogP contribution in [0.5, 0.6) is 0 Å². The van der Waals surface area contributed by atoms with Gasteiger partial charge < -0.3 is 39.9 Å². The van der Waals surface area contributed by atoms with E-state index in [1.54, 1.807) is 0 Å². The Labute approximate surface area is 193 Å². The lowest BCUT2D eigenvalue weighted by Crippen LogP contribution is -2.36. The summed E-state index contributed by atoms with van der Waals surface area (Å²) in [6.45, 7) is -0.0297. The van der Waals surface area contributed by atoms with E-state index in [0.29, 0.717) is 0 Å². The van der Waals surface area contributed by atoms with E-state index in [0.717, 1.165) is 17.8 Å². The molecular weight excluding hydrogens is 547 g/mol. The highest BCUT2D eigenvalue weighted by atomic mass is 31.3. The molecule has 8 N–H and O–H groups in total. The number of carbonyl (C=O) groups is 1. The maximum absolute atomic E-state index is 12.0. The first-order chi connectivity index (χ1) is 16.0. The monoisotopic (exact) mass is 565 g/mol. The maximum Gasteiger partial charge on any atom is 0.490 e. The van der Waals surface area contributed by atoms with Crippen LogP contribution in [0.4, 0.5) is 5.95 Å². The number of rotatable bonds is 9. The van der Waals surface area contributed by atoms with Gasteiger partial charge in [0.15, 0.2) is 23.5 Å². The number of anilines is 1. The van der Waals surface area contributed by atoms with E-state index in [1.165, 1.54) is 0 Å². The highest BCUT2D eigenvalue weighted by Crippen LogP contribution is 2.66. The highest BCUT2D eigenvalue weighted by Gasteiger charge is 2.49. The Hall–Kier alpha value is -2.05. The smallest absolute Gasteiger partial charge is 0.455 e. The number of ether oxygens (including phenoxy) is 2. The summed E-state index contributed by atoms with van der Waals surface area (Å²) in [4.78, 5) is 69.4. The molecule has 1 aliphatic heterocycles. The number of hydrogen-bond donors (Lipinski definition) is 7. The fraction of sp³-hybridized carbons (Fsp3) is 0.500. The van der Waals surface area contributed by atoms with Crippen LogP contribution < -0.4 is 11.3 Å². The lowest BCUT2D eigenvalue weighted by atomic mass is 10.1. The quantitative estimate of drug-likeness (QED) is 0.131. The van der Waals surface area contributed by atoms with Gasteiger partial charge in [-0.15, -0.1) is 0 Å². The molecule has 35 heavy (non-hydrogen) atoms. The third kappa shape index (κ3) is 6.79. The van der Waals surface area contributed by atoms with Gasteiger partial charge in [-0.25, -0.2) is 18.7 Å². The molecule has 0 aliphatic carbocycles. The average Bonchev–Trinajstić information content (AvgIpc) is 3.19. The molecule has 4 unspecified atom stereocenters. The predicted molar refractivity (Wildman–Crippen MR) is 108 cm³/mol. The van der Waals surface area contributed by atoms with E-state index >= 15 is 0 Å². The first-order valence-corrected chi connectivity index (χ1v) is 13.5. The second kappa shape index (κ2) is 9.78. The molecule has 20 nitrogen and oxygen atoms in total. The number of aliphatic hydroxyl groups excluding tert-OH is 1. The number of fused-ring (bicyclic) bond motifs is 1. The van der Waals surface area contributed by atoms with E-state index < -0.39 is 66.1 Å². The van der Waals surface area contributed by atoms with Gasteiger partial charge in [0.1, 0.15) is 12.2 Å². The lowest BCUT2D eigenvalue weighted by Gasteiger charge is -2.21. The van der Waals surface area contributed by atoms with Crippen LogP contribution in [0.3, 0.4) is 0 Å².